The van der Waals surface area contributed by atoms with Gasteiger partial charge < -0.3 is 9.51 Å². The molecule has 1 fully saturated rings. The molecule has 2 aromatic heterocycles. The molecule has 2 aromatic rings. The zero-order chi connectivity index (χ0) is 8.67. The van der Waals surface area contributed by atoms with Crippen LogP contribution in [0.25, 0.3) is 11.5 Å². The second-order valence-electron chi connectivity index (χ2n) is 3.31. The van der Waals surface area contributed by atoms with Gasteiger partial charge in [-0.1, -0.05) is 5.16 Å². The summed E-state index contributed by atoms with van der Waals surface area (Å²) in [4.78, 5) is 7.35. The van der Waals surface area contributed by atoms with E-state index in [-0.39, 0.29) is 0 Å². The molecule has 0 aromatic carbocycles. The van der Waals surface area contributed by atoms with Crippen LogP contribution in [0.5, 0.6) is 0 Å². The Kier molecular flexibility index (Phi) is 1.30. The monoisotopic (exact) mass is 175 g/mol. The maximum absolute atomic E-state index is 5.13. The highest BCUT2D eigenvalue weighted by molar-refractivity contribution is 5.47. The van der Waals surface area contributed by atoms with E-state index in [1.54, 1.807) is 0 Å². The Morgan fingerprint density at radius 1 is 1.46 bits per heavy atom. The van der Waals surface area contributed by atoms with Crippen molar-refractivity contribution in [3.8, 4) is 11.5 Å². The van der Waals surface area contributed by atoms with E-state index in [1.165, 1.54) is 12.8 Å². The Morgan fingerprint density at radius 2 is 2.38 bits per heavy atom. The predicted octanol–water partition coefficient (Wildman–Crippen LogP) is 1.94. The lowest BCUT2D eigenvalue weighted by Gasteiger charge is -1.83. The first-order valence-corrected chi connectivity index (χ1v) is 4.41. The van der Waals surface area contributed by atoms with E-state index in [4.69, 9.17) is 4.52 Å². The van der Waals surface area contributed by atoms with Gasteiger partial charge in [0.25, 0.3) is 0 Å². The second-order valence-corrected chi connectivity index (χ2v) is 3.31. The molecule has 0 atom stereocenters. The van der Waals surface area contributed by atoms with Crippen LogP contribution in [0.2, 0.25) is 0 Å². The van der Waals surface area contributed by atoms with Gasteiger partial charge in [0.05, 0.1) is 5.69 Å². The third-order valence-corrected chi connectivity index (χ3v) is 2.21. The molecule has 13 heavy (non-hydrogen) atoms. The molecule has 1 N–H and O–H groups in total. The van der Waals surface area contributed by atoms with Crippen LogP contribution in [0.3, 0.4) is 0 Å². The van der Waals surface area contributed by atoms with Crippen molar-refractivity contribution in [3.63, 3.8) is 0 Å². The lowest BCUT2D eigenvalue weighted by Crippen LogP contribution is -1.80. The summed E-state index contributed by atoms with van der Waals surface area (Å²) in [5.41, 5.74) is 0.913. The number of H-pyrrole nitrogens is 1. The van der Waals surface area contributed by atoms with Gasteiger partial charge in [0.1, 0.15) is 0 Å². The third kappa shape index (κ3) is 1.14. The van der Waals surface area contributed by atoms with Crippen LogP contribution in [0.4, 0.5) is 0 Å². The van der Waals surface area contributed by atoms with E-state index in [9.17, 15) is 0 Å². The summed E-state index contributed by atoms with van der Waals surface area (Å²) in [5, 5.41) is 3.90. The van der Waals surface area contributed by atoms with Gasteiger partial charge in [-0.3, -0.25) is 0 Å². The first-order chi connectivity index (χ1) is 6.43. The number of rotatable bonds is 2. The molecule has 0 spiro atoms. The molecule has 66 valence electrons. The average molecular weight is 175 g/mol. The molecule has 0 aliphatic heterocycles. The summed E-state index contributed by atoms with van der Waals surface area (Å²) >= 11 is 0. The fourth-order valence-electron chi connectivity index (χ4n) is 1.31. The van der Waals surface area contributed by atoms with Crippen LogP contribution in [0.15, 0.2) is 22.9 Å². The van der Waals surface area contributed by atoms with E-state index in [0.717, 1.165) is 11.6 Å². The Morgan fingerprint density at radius 3 is 3.08 bits per heavy atom. The Hall–Kier alpha value is -1.58. The van der Waals surface area contributed by atoms with Crippen LogP contribution in [-0.4, -0.2) is 15.1 Å². The summed E-state index contributed by atoms with van der Waals surface area (Å²) in [6.45, 7) is 0. The molecule has 0 radical (unpaired) electrons. The van der Waals surface area contributed by atoms with E-state index >= 15 is 0 Å². The van der Waals surface area contributed by atoms with Gasteiger partial charge in [-0.25, -0.2) is 0 Å². The first-order valence-electron chi connectivity index (χ1n) is 4.41. The maximum atomic E-state index is 5.13. The SMILES string of the molecule is c1c[nH]c(-c2noc(C3CC3)n2)c1. The maximum Gasteiger partial charge on any atom is 0.230 e. The molecule has 0 amide bonds. The predicted molar refractivity (Wildman–Crippen MR) is 46.1 cm³/mol. The van der Waals surface area contributed by atoms with Crippen LogP contribution in [0, 0.1) is 0 Å². The zero-order valence-electron chi connectivity index (χ0n) is 7.03. The van der Waals surface area contributed by atoms with Crippen molar-refractivity contribution in [2.45, 2.75) is 18.8 Å². The lowest BCUT2D eigenvalue weighted by atomic mass is 10.4. The van der Waals surface area contributed by atoms with Crippen LogP contribution >= 0.6 is 0 Å². The number of aromatic nitrogens is 3. The topological polar surface area (TPSA) is 54.7 Å². The van der Waals surface area contributed by atoms with Crippen molar-refractivity contribution in [1.82, 2.24) is 15.1 Å². The first kappa shape index (κ1) is 6.88. The molecular formula is C9H9N3O. The van der Waals surface area contributed by atoms with E-state index < -0.39 is 0 Å². The number of hydrogen-bond acceptors (Lipinski definition) is 3. The van der Waals surface area contributed by atoms with Crippen molar-refractivity contribution < 1.29 is 4.52 Å². The van der Waals surface area contributed by atoms with Gasteiger partial charge in [-0.05, 0) is 25.0 Å². The van der Waals surface area contributed by atoms with E-state index in [1.807, 2.05) is 18.3 Å². The summed E-state index contributed by atoms with van der Waals surface area (Å²) in [7, 11) is 0. The second kappa shape index (κ2) is 2.45. The minimum absolute atomic E-state index is 0.524. The summed E-state index contributed by atoms with van der Waals surface area (Å²) < 4.78 is 5.13. The van der Waals surface area contributed by atoms with Crippen molar-refractivity contribution >= 4 is 0 Å². The quantitative estimate of drug-likeness (QED) is 0.758. The highest BCUT2D eigenvalue weighted by atomic mass is 16.5. The molecule has 1 aliphatic rings. The van der Waals surface area contributed by atoms with Gasteiger partial charge in [0, 0.05) is 12.1 Å². The summed E-state index contributed by atoms with van der Waals surface area (Å²) in [5.74, 6) is 1.97. The van der Waals surface area contributed by atoms with Crippen molar-refractivity contribution in [3.05, 3.63) is 24.2 Å². The van der Waals surface area contributed by atoms with Gasteiger partial charge >= 0.3 is 0 Å². The molecule has 3 rings (SSSR count). The smallest absolute Gasteiger partial charge is 0.230 e. The average Bonchev–Trinajstić information content (AvgIpc) is 2.72. The third-order valence-electron chi connectivity index (χ3n) is 2.21. The van der Waals surface area contributed by atoms with Crippen LogP contribution < -0.4 is 0 Å². The largest absolute Gasteiger partial charge is 0.359 e. The Balaban J connectivity index is 1.97. The zero-order valence-corrected chi connectivity index (χ0v) is 7.03. The fraction of sp³-hybridized carbons (Fsp3) is 0.333. The van der Waals surface area contributed by atoms with Crippen molar-refractivity contribution in [2.24, 2.45) is 0 Å². The highest BCUT2D eigenvalue weighted by Crippen LogP contribution is 2.39. The number of nitrogens with one attached hydrogen (secondary N) is 1. The van der Waals surface area contributed by atoms with Gasteiger partial charge in [-0.2, -0.15) is 4.98 Å². The highest BCUT2D eigenvalue weighted by Gasteiger charge is 2.29. The van der Waals surface area contributed by atoms with Crippen LogP contribution in [0.1, 0.15) is 24.7 Å². The lowest BCUT2D eigenvalue weighted by molar-refractivity contribution is 0.380. The number of nitrogens with zero attached hydrogens (tertiary/aromatic N) is 2. The standard InChI is InChI=1S/C9H9N3O/c1-2-7(10-5-1)8-11-9(13-12-8)6-3-4-6/h1-2,5-6,10H,3-4H2. The molecule has 1 saturated carbocycles. The number of aromatic amines is 1. The summed E-state index contributed by atoms with van der Waals surface area (Å²) in [6, 6.07) is 3.85. The molecule has 4 nitrogen and oxygen atoms in total. The van der Waals surface area contributed by atoms with E-state index in [2.05, 4.69) is 15.1 Å². The van der Waals surface area contributed by atoms with Gasteiger partial charge in [-0.15, -0.1) is 0 Å². The minimum atomic E-state index is 0.524. The van der Waals surface area contributed by atoms with Crippen LogP contribution in [-0.2, 0) is 0 Å². The Bertz CT molecular complexity index is 400. The van der Waals surface area contributed by atoms with Crippen molar-refractivity contribution in [2.75, 3.05) is 0 Å². The van der Waals surface area contributed by atoms with E-state index in [0.29, 0.717) is 11.7 Å². The molecule has 4 heteroatoms. The molecule has 0 bridgehead atoms. The summed E-state index contributed by atoms with van der Waals surface area (Å²) in [6.07, 6.45) is 4.22. The molecule has 1 aliphatic carbocycles. The van der Waals surface area contributed by atoms with Gasteiger partial charge in [0.2, 0.25) is 11.7 Å². The number of hydrogen-bond donors (Lipinski definition) is 1. The molecule has 2 heterocycles. The minimum Gasteiger partial charge on any atom is -0.359 e. The van der Waals surface area contributed by atoms with Gasteiger partial charge in [0.15, 0.2) is 0 Å². The Labute approximate surface area is 75.0 Å². The molecule has 0 saturated heterocycles. The van der Waals surface area contributed by atoms with Crippen molar-refractivity contribution in [1.29, 1.82) is 0 Å². The molecular weight excluding hydrogens is 166 g/mol. The molecule has 0 unspecified atom stereocenters. The normalized spacial score (nSPS) is 16.3. The fourth-order valence-corrected chi connectivity index (χ4v) is 1.31.